The predicted octanol–water partition coefficient (Wildman–Crippen LogP) is 2.96. The normalized spacial score (nSPS) is 10.7. The number of carbonyl (C=O) groups excluding carboxylic acids is 1. The Morgan fingerprint density at radius 1 is 1.24 bits per heavy atom. The van der Waals surface area contributed by atoms with E-state index in [0.29, 0.717) is 12.1 Å². The summed E-state index contributed by atoms with van der Waals surface area (Å²) in [5.74, 6) is -0.306. The Morgan fingerprint density at radius 2 is 2.00 bits per heavy atom. The van der Waals surface area contributed by atoms with Crippen molar-refractivity contribution >= 4 is 28.1 Å². The van der Waals surface area contributed by atoms with Gasteiger partial charge in [-0.2, -0.15) is 5.10 Å². The van der Waals surface area contributed by atoms with Crippen LogP contribution < -0.4 is 11.1 Å². The molecule has 0 aliphatic carbocycles. The molecule has 0 unspecified atom stereocenters. The molecule has 21 heavy (non-hydrogen) atoms. The van der Waals surface area contributed by atoms with E-state index in [-0.39, 0.29) is 11.6 Å². The van der Waals surface area contributed by atoms with Crippen LogP contribution in [0.3, 0.4) is 0 Å². The summed E-state index contributed by atoms with van der Waals surface area (Å²) >= 11 is 0. The van der Waals surface area contributed by atoms with E-state index < -0.39 is 0 Å². The number of nitrogens with one attached hydrogen (secondary N) is 2. The SMILES string of the molecule is CCc1[nH]nc(C(=O)Nc2cccc3ccccc23)c1N. The zero-order chi connectivity index (χ0) is 14.8. The summed E-state index contributed by atoms with van der Waals surface area (Å²) in [6, 6.07) is 13.7. The van der Waals surface area contributed by atoms with Crippen LogP contribution in [0.1, 0.15) is 23.1 Å². The first-order chi connectivity index (χ1) is 10.2. The molecule has 0 saturated carbocycles. The molecule has 1 heterocycles. The zero-order valence-corrected chi connectivity index (χ0v) is 11.7. The lowest BCUT2D eigenvalue weighted by molar-refractivity contribution is 0.102. The van der Waals surface area contributed by atoms with Gasteiger partial charge in [0.2, 0.25) is 0 Å². The van der Waals surface area contributed by atoms with Gasteiger partial charge >= 0.3 is 0 Å². The molecule has 5 nitrogen and oxygen atoms in total. The van der Waals surface area contributed by atoms with Gasteiger partial charge in [-0.3, -0.25) is 9.89 Å². The minimum absolute atomic E-state index is 0.236. The second-order valence-electron chi connectivity index (χ2n) is 4.80. The zero-order valence-electron chi connectivity index (χ0n) is 11.7. The third kappa shape index (κ3) is 2.33. The molecule has 106 valence electrons. The van der Waals surface area contributed by atoms with Crippen molar-refractivity contribution in [1.29, 1.82) is 0 Å². The second-order valence-corrected chi connectivity index (χ2v) is 4.80. The predicted molar refractivity (Wildman–Crippen MR) is 84.3 cm³/mol. The third-order valence-electron chi connectivity index (χ3n) is 3.49. The summed E-state index contributed by atoms with van der Waals surface area (Å²) in [5, 5.41) is 11.7. The van der Waals surface area contributed by atoms with Crippen LogP contribution in [0.25, 0.3) is 10.8 Å². The summed E-state index contributed by atoms with van der Waals surface area (Å²) in [6.07, 6.45) is 0.709. The molecule has 1 amide bonds. The van der Waals surface area contributed by atoms with E-state index in [2.05, 4.69) is 15.5 Å². The van der Waals surface area contributed by atoms with E-state index in [4.69, 9.17) is 5.73 Å². The van der Waals surface area contributed by atoms with Crippen LogP contribution in [0.4, 0.5) is 11.4 Å². The molecule has 3 rings (SSSR count). The first-order valence-corrected chi connectivity index (χ1v) is 6.82. The average molecular weight is 280 g/mol. The molecule has 0 aliphatic rings. The summed E-state index contributed by atoms with van der Waals surface area (Å²) in [7, 11) is 0. The second kappa shape index (κ2) is 5.28. The molecule has 2 aromatic carbocycles. The van der Waals surface area contributed by atoms with Crippen LogP contribution in [0.5, 0.6) is 0 Å². The van der Waals surface area contributed by atoms with Crippen LogP contribution >= 0.6 is 0 Å². The Labute approximate surface area is 122 Å². The standard InChI is InChI=1S/C16H16N4O/c1-2-12-14(17)15(20-19-12)16(21)18-13-9-5-7-10-6-3-4-8-11(10)13/h3-9H,2,17H2,1H3,(H,18,21)(H,19,20). The van der Waals surface area contributed by atoms with Gasteiger partial charge in [0.15, 0.2) is 5.69 Å². The fraction of sp³-hybridized carbons (Fsp3) is 0.125. The van der Waals surface area contributed by atoms with Crippen molar-refractivity contribution in [3.05, 3.63) is 53.9 Å². The first-order valence-electron chi connectivity index (χ1n) is 6.82. The number of H-pyrrole nitrogens is 1. The number of aromatic amines is 1. The number of aromatic nitrogens is 2. The number of rotatable bonds is 3. The number of hydrogen-bond donors (Lipinski definition) is 3. The van der Waals surface area contributed by atoms with E-state index >= 15 is 0 Å². The Bertz CT molecular complexity index is 802. The van der Waals surface area contributed by atoms with Crippen molar-refractivity contribution in [2.45, 2.75) is 13.3 Å². The molecule has 0 bridgehead atoms. The molecule has 5 heteroatoms. The van der Waals surface area contributed by atoms with Crippen LogP contribution in [0, 0.1) is 0 Å². The first kappa shape index (κ1) is 13.2. The fourth-order valence-electron chi connectivity index (χ4n) is 2.35. The Balaban J connectivity index is 1.95. The van der Waals surface area contributed by atoms with Crippen LogP contribution in [-0.2, 0) is 6.42 Å². The maximum atomic E-state index is 12.3. The number of nitrogens with zero attached hydrogens (tertiary/aromatic N) is 1. The number of aryl methyl sites for hydroxylation is 1. The van der Waals surface area contributed by atoms with E-state index in [1.165, 1.54) is 0 Å². The summed E-state index contributed by atoms with van der Waals surface area (Å²) in [6.45, 7) is 1.95. The lowest BCUT2D eigenvalue weighted by atomic mass is 10.1. The van der Waals surface area contributed by atoms with Gasteiger partial charge in [-0.05, 0) is 17.9 Å². The van der Waals surface area contributed by atoms with Gasteiger partial charge in [0.25, 0.3) is 5.91 Å². The number of carbonyl (C=O) groups is 1. The van der Waals surface area contributed by atoms with Gasteiger partial charge in [0.05, 0.1) is 11.4 Å². The van der Waals surface area contributed by atoms with Crippen molar-refractivity contribution < 1.29 is 4.79 Å². The summed E-state index contributed by atoms with van der Waals surface area (Å²) < 4.78 is 0. The molecule has 4 N–H and O–H groups in total. The minimum Gasteiger partial charge on any atom is -0.395 e. The van der Waals surface area contributed by atoms with Crippen molar-refractivity contribution in [2.24, 2.45) is 0 Å². The van der Waals surface area contributed by atoms with Gasteiger partial charge in [-0.1, -0.05) is 43.3 Å². The number of benzene rings is 2. The Morgan fingerprint density at radius 3 is 2.76 bits per heavy atom. The van der Waals surface area contributed by atoms with E-state index in [1.807, 2.05) is 49.4 Å². The molecule has 1 aromatic heterocycles. The molecule has 0 saturated heterocycles. The molecule has 0 spiro atoms. The molecule has 0 fully saturated rings. The van der Waals surface area contributed by atoms with Gasteiger partial charge in [-0.25, -0.2) is 0 Å². The molecular weight excluding hydrogens is 264 g/mol. The molecule has 0 aliphatic heterocycles. The van der Waals surface area contributed by atoms with Crippen LogP contribution in [0.2, 0.25) is 0 Å². The van der Waals surface area contributed by atoms with Crippen molar-refractivity contribution in [2.75, 3.05) is 11.1 Å². The molecule has 0 radical (unpaired) electrons. The lowest BCUT2D eigenvalue weighted by Gasteiger charge is -2.07. The number of nitrogen functional groups attached to an aromatic ring is 1. The maximum Gasteiger partial charge on any atom is 0.278 e. The highest BCUT2D eigenvalue weighted by molar-refractivity contribution is 6.10. The van der Waals surface area contributed by atoms with Crippen molar-refractivity contribution in [3.63, 3.8) is 0 Å². The van der Waals surface area contributed by atoms with E-state index in [0.717, 1.165) is 22.2 Å². The van der Waals surface area contributed by atoms with Crippen LogP contribution in [-0.4, -0.2) is 16.1 Å². The molecule has 0 atom stereocenters. The van der Waals surface area contributed by atoms with Gasteiger partial charge in [-0.15, -0.1) is 0 Å². The maximum absolute atomic E-state index is 12.3. The Kier molecular flexibility index (Phi) is 3.31. The summed E-state index contributed by atoms with van der Waals surface area (Å²) in [5.41, 5.74) is 8.10. The van der Waals surface area contributed by atoms with Crippen molar-refractivity contribution in [1.82, 2.24) is 10.2 Å². The minimum atomic E-state index is -0.306. The van der Waals surface area contributed by atoms with Gasteiger partial charge in [0.1, 0.15) is 0 Å². The smallest absolute Gasteiger partial charge is 0.278 e. The largest absolute Gasteiger partial charge is 0.395 e. The monoisotopic (exact) mass is 280 g/mol. The number of fused-ring (bicyclic) bond motifs is 1. The highest BCUT2D eigenvalue weighted by atomic mass is 16.2. The van der Waals surface area contributed by atoms with Gasteiger partial charge < -0.3 is 11.1 Å². The number of nitrogens with two attached hydrogens (primary N) is 1. The molecular formula is C16H16N4O. The number of hydrogen-bond acceptors (Lipinski definition) is 3. The van der Waals surface area contributed by atoms with E-state index in [1.54, 1.807) is 0 Å². The van der Waals surface area contributed by atoms with Crippen LogP contribution in [0.15, 0.2) is 42.5 Å². The molecule has 3 aromatic rings. The average Bonchev–Trinajstić information content (AvgIpc) is 2.88. The third-order valence-corrected chi connectivity index (χ3v) is 3.49. The fourth-order valence-corrected chi connectivity index (χ4v) is 2.35. The Hall–Kier alpha value is -2.82. The topological polar surface area (TPSA) is 83.8 Å². The quantitative estimate of drug-likeness (QED) is 0.689. The lowest BCUT2D eigenvalue weighted by Crippen LogP contribution is -2.14. The highest BCUT2D eigenvalue weighted by Gasteiger charge is 2.17. The summed E-state index contributed by atoms with van der Waals surface area (Å²) in [4.78, 5) is 12.3. The number of anilines is 2. The highest BCUT2D eigenvalue weighted by Crippen LogP contribution is 2.24. The van der Waals surface area contributed by atoms with E-state index in [9.17, 15) is 4.79 Å². The van der Waals surface area contributed by atoms with Gasteiger partial charge in [0, 0.05) is 11.1 Å². The number of amides is 1. The van der Waals surface area contributed by atoms with Crippen molar-refractivity contribution in [3.8, 4) is 0 Å².